The zero-order valence-electron chi connectivity index (χ0n) is 11.5. The van der Waals surface area contributed by atoms with Gasteiger partial charge in [-0.25, -0.2) is 4.79 Å². The lowest BCUT2D eigenvalue weighted by molar-refractivity contribution is -0.186. The van der Waals surface area contributed by atoms with Crippen LogP contribution >= 0.6 is 0 Å². The molecule has 5 heteroatoms. The predicted octanol–water partition coefficient (Wildman–Crippen LogP) is 1.77. The first-order valence-corrected chi connectivity index (χ1v) is 7.59. The molecule has 1 heterocycles. The second kappa shape index (κ2) is 5.67. The van der Waals surface area contributed by atoms with Crippen LogP contribution in [0.3, 0.4) is 0 Å². The van der Waals surface area contributed by atoms with Crippen LogP contribution in [-0.4, -0.2) is 37.6 Å². The molecule has 3 rings (SSSR count). The van der Waals surface area contributed by atoms with Crippen molar-refractivity contribution in [2.75, 3.05) is 19.7 Å². The van der Waals surface area contributed by atoms with Crippen LogP contribution in [0.5, 0.6) is 0 Å². The highest BCUT2D eigenvalue weighted by Gasteiger charge is 2.42. The zero-order chi connectivity index (χ0) is 13.1. The fourth-order valence-electron chi connectivity index (χ4n) is 2.90. The van der Waals surface area contributed by atoms with Crippen molar-refractivity contribution in [3.63, 3.8) is 0 Å². The van der Waals surface area contributed by atoms with Crippen molar-refractivity contribution in [1.82, 2.24) is 10.6 Å². The molecule has 0 unspecified atom stereocenters. The average Bonchev–Trinajstić information content (AvgIpc) is 3.18. The first-order chi connectivity index (χ1) is 9.26. The normalized spacial score (nSPS) is 29.4. The quantitative estimate of drug-likeness (QED) is 0.817. The fraction of sp³-hybridized carbons (Fsp3) is 0.929. The summed E-state index contributed by atoms with van der Waals surface area (Å²) in [7, 11) is 0. The van der Waals surface area contributed by atoms with Crippen molar-refractivity contribution in [3.05, 3.63) is 0 Å². The Balaban J connectivity index is 1.35. The zero-order valence-corrected chi connectivity index (χ0v) is 11.5. The summed E-state index contributed by atoms with van der Waals surface area (Å²) in [5.41, 5.74) is 0. The number of amides is 2. The molecule has 2 N–H and O–H groups in total. The topological polar surface area (TPSA) is 59.6 Å². The molecule has 0 aromatic heterocycles. The second-order valence-electron chi connectivity index (χ2n) is 6.06. The first-order valence-electron chi connectivity index (χ1n) is 7.59. The van der Waals surface area contributed by atoms with E-state index in [1.165, 1.54) is 32.1 Å². The third-order valence-corrected chi connectivity index (χ3v) is 4.27. The van der Waals surface area contributed by atoms with E-state index in [4.69, 9.17) is 9.47 Å². The summed E-state index contributed by atoms with van der Waals surface area (Å²) in [5.74, 6) is 0.372. The van der Waals surface area contributed by atoms with Crippen molar-refractivity contribution in [2.24, 2.45) is 5.92 Å². The van der Waals surface area contributed by atoms with Crippen molar-refractivity contribution >= 4 is 6.03 Å². The van der Waals surface area contributed by atoms with E-state index < -0.39 is 0 Å². The number of rotatable bonds is 4. The van der Waals surface area contributed by atoms with Crippen molar-refractivity contribution < 1.29 is 14.3 Å². The summed E-state index contributed by atoms with van der Waals surface area (Å²) >= 11 is 0. The monoisotopic (exact) mass is 268 g/mol. The molecule has 3 aliphatic rings. The molecule has 0 radical (unpaired) electrons. The van der Waals surface area contributed by atoms with E-state index in [9.17, 15) is 4.79 Å². The van der Waals surface area contributed by atoms with Gasteiger partial charge in [0.05, 0.1) is 6.61 Å². The molecule has 5 nitrogen and oxygen atoms in total. The standard InChI is InChI=1S/C14H24N2O3/c17-13(15-8-11-4-5-11)16-9-12-10-18-14(19-12)6-2-1-3-7-14/h11-12H,1-10H2,(H2,15,16,17)/t12-/m1/s1. The van der Waals surface area contributed by atoms with Crippen LogP contribution in [0.1, 0.15) is 44.9 Å². The van der Waals surface area contributed by atoms with Crippen molar-refractivity contribution in [3.8, 4) is 0 Å². The van der Waals surface area contributed by atoms with Gasteiger partial charge in [0, 0.05) is 25.9 Å². The maximum absolute atomic E-state index is 11.6. The van der Waals surface area contributed by atoms with Gasteiger partial charge in [-0.3, -0.25) is 0 Å². The molecule has 0 aromatic carbocycles. The Hall–Kier alpha value is -0.810. The molecule has 1 saturated heterocycles. The SMILES string of the molecule is O=C(NCC1CC1)NC[C@@H]1COC2(CCCCC2)O1. The molecule has 2 aliphatic carbocycles. The van der Waals surface area contributed by atoms with Gasteiger partial charge in [-0.1, -0.05) is 6.42 Å². The summed E-state index contributed by atoms with van der Waals surface area (Å²) in [6, 6.07) is -0.0832. The van der Waals surface area contributed by atoms with Crippen LogP contribution in [-0.2, 0) is 9.47 Å². The molecule has 1 aliphatic heterocycles. The van der Waals surface area contributed by atoms with E-state index in [-0.39, 0.29) is 17.9 Å². The minimum absolute atomic E-state index is 0.00442. The molecular weight excluding hydrogens is 244 g/mol. The number of urea groups is 1. The summed E-state index contributed by atoms with van der Waals surface area (Å²) in [6.45, 7) is 1.94. The maximum atomic E-state index is 11.6. The van der Waals surface area contributed by atoms with E-state index in [2.05, 4.69) is 10.6 Å². The van der Waals surface area contributed by atoms with E-state index in [1.807, 2.05) is 0 Å². The van der Waals surface area contributed by atoms with E-state index >= 15 is 0 Å². The third-order valence-electron chi connectivity index (χ3n) is 4.27. The third kappa shape index (κ3) is 3.60. The number of carbonyl (C=O) groups excluding carboxylic acids is 1. The smallest absolute Gasteiger partial charge is 0.314 e. The van der Waals surface area contributed by atoms with Crippen LogP contribution in [0, 0.1) is 5.92 Å². The van der Waals surface area contributed by atoms with Gasteiger partial charge in [-0.15, -0.1) is 0 Å². The second-order valence-corrected chi connectivity index (χ2v) is 6.06. The minimum Gasteiger partial charge on any atom is -0.347 e. The van der Waals surface area contributed by atoms with Gasteiger partial charge in [0.2, 0.25) is 0 Å². The Labute approximate surface area is 114 Å². The molecule has 108 valence electrons. The Bertz CT molecular complexity index is 325. The van der Waals surface area contributed by atoms with Gasteiger partial charge >= 0.3 is 6.03 Å². The molecule has 3 fully saturated rings. The summed E-state index contributed by atoms with van der Waals surface area (Å²) in [4.78, 5) is 11.6. The number of ether oxygens (including phenoxy) is 2. The summed E-state index contributed by atoms with van der Waals surface area (Å²) < 4.78 is 11.9. The molecule has 19 heavy (non-hydrogen) atoms. The van der Waals surface area contributed by atoms with Gasteiger partial charge in [-0.2, -0.15) is 0 Å². The van der Waals surface area contributed by atoms with Crippen LogP contribution in [0.15, 0.2) is 0 Å². The average molecular weight is 268 g/mol. The Morgan fingerprint density at radius 2 is 1.84 bits per heavy atom. The van der Waals surface area contributed by atoms with Crippen LogP contribution < -0.4 is 10.6 Å². The Morgan fingerprint density at radius 3 is 2.58 bits per heavy atom. The number of hydrogen-bond acceptors (Lipinski definition) is 3. The lowest BCUT2D eigenvalue weighted by Gasteiger charge is -2.31. The first kappa shape index (κ1) is 13.2. The molecule has 1 atom stereocenters. The lowest BCUT2D eigenvalue weighted by atomic mass is 9.94. The van der Waals surface area contributed by atoms with E-state index in [1.54, 1.807) is 0 Å². The van der Waals surface area contributed by atoms with Gasteiger partial charge in [-0.05, 0) is 31.6 Å². The van der Waals surface area contributed by atoms with Crippen LogP contribution in [0.2, 0.25) is 0 Å². The number of carbonyl (C=O) groups is 1. The molecule has 1 spiro atoms. The number of hydrogen-bond donors (Lipinski definition) is 2. The largest absolute Gasteiger partial charge is 0.347 e. The highest BCUT2D eigenvalue weighted by atomic mass is 16.7. The van der Waals surface area contributed by atoms with E-state index in [0.717, 1.165) is 19.4 Å². The van der Waals surface area contributed by atoms with Crippen molar-refractivity contribution in [1.29, 1.82) is 0 Å². The molecular formula is C14H24N2O3. The Kier molecular flexibility index (Phi) is 3.93. The van der Waals surface area contributed by atoms with Crippen molar-refractivity contribution in [2.45, 2.75) is 56.8 Å². The van der Waals surface area contributed by atoms with Gasteiger partial charge in [0.25, 0.3) is 0 Å². The van der Waals surface area contributed by atoms with Gasteiger partial charge in [0.1, 0.15) is 6.10 Å². The van der Waals surface area contributed by atoms with Crippen LogP contribution in [0.25, 0.3) is 0 Å². The Morgan fingerprint density at radius 1 is 1.11 bits per heavy atom. The predicted molar refractivity (Wildman–Crippen MR) is 70.8 cm³/mol. The van der Waals surface area contributed by atoms with E-state index in [0.29, 0.717) is 19.1 Å². The summed E-state index contributed by atoms with van der Waals surface area (Å²) in [6.07, 6.45) is 8.15. The summed E-state index contributed by atoms with van der Waals surface area (Å²) in [5, 5.41) is 5.77. The fourth-order valence-corrected chi connectivity index (χ4v) is 2.90. The highest BCUT2D eigenvalue weighted by Crippen LogP contribution is 2.37. The minimum atomic E-state index is -0.338. The molecule has 0 aromatic rings. The molecule has 2 saturated carbocycles. The highest BCUT2D eigenvalue weighted by molar-refractivity contribution is 5.73. The van der Waals surface area contributed by atoms with Crippen LogP contribution in [0.4, 0.5) is 4.79 Å². The van der Waals surface area contributed by atoms with Gasteiger partial charge in [0.15, 0.2) is 5.79 Å². The molecule has 2 amide bonds. The number of nitrogens with one attached hydrogen (secondary N) is 2. The lowest BCUT2D eigenvalue weighted by Crippen LogP contribution is -2.42. The maximum Gasteiger partial charge on any atom is 0.314 e. The van der Waals surface area contributed by atoms with Gasteiger partial charge < -0.3 is 20.1 Å². The molecule has 0 bridgehead atoms.